The van der Waals surface area contributed by atoms with Crippen molar-refractivity contribution in [2.24, 2.45) is 0 Å². The lowest BCUT2D eigenvalue weighted by Gasteiger charge is -2.13. The van der Waals surface area contributed by atoms with E-state index in [0.717, 1.165) is 14.2 Å². The van der Waals surface area contributed by atoms with Crippen molar-refractivity contribution in [1.29, 1.82) is 0 Å². The van der Waals surface area contributed by atoms with E-state index >= 15 is 0 Å². The van der Waals surface area contributed by atoms with E-state index in [0.29, 0.717) is 11.7 Å². The quantitative estimate of drug-likeness (QED) is 0.831. The average Bonchev–Trinajstić information content (AvgIpc) is 3.03. The molecule has 1 amide bonds. The molecule has 0 aromatic carbocycles. The first kappa shape index (κ1) is 15.6. The normalized spacial score (nSPS) is 10.6. The van der Waals surface area contributed by atoms with E-state index in [-0.39, 0.29) is 25.3 Å². The van der Waals surface area contributed by atoms with Crippen LogP contribution in [0.15, 0.2) is 20.4 Å². The molecule has 0 spiro atoms. The lowest BCUT2D eigenvalue weighted by Crippen LogP contribution is -2.32. The molecule has 0 atom stereocenters. The fourth-order valence-corrected chi connectivity index (χ4v) is 2.93. The minimum absolute atomic E-state index is 0.125. The van der Waals surface area contributed by atoms with Crippen LogP contribution in [-0.2, 0) is 16.0 Å². The number of amides is 1. The Morgan fingerprint density at radius 3 is 2.90 bits per heavy atom. The number of carboxylic acid groups (broad SMARTS) is 1. The van der Waals surface area contributed by atoms with E-state index in [1.165, 1.54) is 18.4 Å². The maximum Gasteiger partial charge on any atom is 0.323 e. The number of carbonyl (C=O) groups is 2. The lowest BCUT2D eigenvalue weighted by molar-refractivity contribution is -0.143. The molecule has 9 heteroatoms. The van der Waals surface area contributed by atoms with Crippen molar-refractivity contribution in [1.82, 2.24) is 15.0 Å². The second-order valence-corrected chi connectivity index (χ2v) is 6.11. The molecule has 2 aromatic heterocycles. The van der Waals surface area contributed by atoms with Crippen LogP contribution in [0.3, 0.4) is 0 Å². The van der Waals surface area contributed by atoms with Gasteiger partial charge >= 0.3 is 5.97 Å². The topological polar surface area (TPSA) is 96.5 Å². The third-order valence-electron chi connectivity index (χ3n) is 2.61. The summed E-state index contributed by atoms with van der Waals surface area (Å²) >= 11 is 4.83. The van der Waals surface area contributed by atoms with Crippen LogP contribution in [0, 0.1) is 0 Å². The largest absolute Gasteiger partial charge is 0.480 e. The van der Waals surface area contributed by atoms with Gasteiger partial charge in [0.05, 0.1) is 4.88 Å². The van der Waals surface area contributed by atoms with Gasteiger partial charge in [-0.15, -0.1) is 11.3 Å². The Morgan fingerprint density at radius 1 is 1.52 bits per heavy atom. The fraction of sp³-hybridized carbons (Fsp3) is 0.333. The van der Waals surface area contributed by atoms with Gasteiger partial charge in [0.25, 0.3) is 0 Å². The summed E-state index contributed by atoms with van der Waals surface area (Å²) in [5.41, 5.74) is 0. The molecule has 0 aliphatic rings. The molecule has 2 rings (SSSR count). The lowest BCUT2D eigenvalue weighted by atomic mass is 10.3. The summed E-state index contributed by atoms with van der Waals surface area (Å²) in [7, 11) is 1.44. The Kier molecular flexibility index (Phi) is 5.07. The first-order valence-electron chi connectivity index (χ1n) is 5.98. The third kappa shape index (κ3) is 4.36. The summed E-state index contributed by atoms with van der Waals surface area (Å²) in [5, 5.41) is 14.4. The number of carboxylic acids is 1. The molecule has 0 radical (unpaired) electrons. The summed E-state index contributed by atoms with van der Waals surface area (Å²) in [6.45, 7) is -0.322. The Balaban J connectivity index is 1.91. The first-order chi connectivity index (χ1) is 9.95. The Morgan fingerprint density at radius 2 is 2.29 bits per heavy atom. The van der Waals surface area contributed by atoms with Crippen LogP contribution in [0.4, 0.5) is 0 Å². The number of hydrogen-bond acceptors (Lipinski definition) is 6. The second-order valence-electron chi connectivity index (χ2n) is 4.28. The second kappa shape index (κ2) is 6.81. The average molecular weight is 374 g/mol. The Labute approximate surface area is 132 Å². The summed E-state index contributed by atoms with van der Waals surface area (Å²) in [4.78, 5) is 28.4. The number of aromatic nitrogens is 2. The zero-order valence-electron chi connectivity index (χ0n) is 11.1. The number of nitrogens with zero attached hydrogens (tertiary/aromatic N) is 3. The van der Waals surface area contributed by atoms with Gasteiger partial charge in [-0.3, -0.25) is 9.59 Å². The van der Waals surface area contributed by atoms with E-state index in [9.17, 15) is 9.59 Å². The molecule has 1 N–H and O–H groups in total. The zero-order valence-corrected chi connectivity index (χ0v) is 13.5. The molecule has 0 bridgehead atoms. The number of hydrogen-bond donors (Lipinski definition) is 1. The smallest absolute Gasteiger partial charge is 0.323 e. The van der Waals surface area contributed by atoms with Crippen molar-refractivity contribution in [3.63, 3.8) is 0 Å². The van der Waals surface area contributed by atoms with Gasteiger partial charge < -0.3 is 14.5 Å². The number of rotatable bonds is 6. The van der Waals surface area contributed by atoms with Crippen LogP contribution in [0.25, 0.3) is 10.7 Å². The molecule has 0 aliphatic carbocycles. The van der Waals surface area contributed by atoms with Gasteiger partial charge in [0.2, 0.25) is 17.6 Å². The molecule has 0 aliphatic heterocycles. The number of thiophene rings is 1. The molecule has 0 unspecified atom stereocenters. The summed E-state index contributed by atoms with van der Waals surface area (Å²) in [5.74, 6) is -0.496. The van der Waals surface area contributed by atoms with Crippen molar-refractivity contribution >= 4 is 39.1 Å². The van der Waals surface area contributed by atoms with Crippen molar-refractivity contribution < 1.29 is 19.2 Å². The number of aliphatic carboxylic acids is 1. The van der Waals surface area contributed by atoms with Gasteiger partial charge in [0.15, 0.2) is 0 Å². The third-order valence-corrected chi connectivity index (χ3v) is 4.29. The highest BCUT2D eigenvalue weighted by Gasteiger charge is 2.15. The molecule has 0 saturated heterocycles. The molecule has 0 fully saturated rings. The minimum atomic E-state index is -1.05. The van der Waals surface area contributed by atoms with E-state index in [4.69, 9.17) is 9.63 Å². The number of likely N-dealkylation sites (N-methyl/N-ethyl adjacent to an activating group) is 1. The van der Waals surface area contributed by atoms with Gasteiger partial charge in [-0.2, -0.15) is 4.98 Å². The van der Waals surface area contributed by atoms with Gasteiger partial charge in [-0.25, -0.2) is 0 Å². The minimum Gasteiger partial charge on any atom is -0.480 e. The van der Waals surface area contributed by atoms with Crippen LogP contribution in [0.2, 0.25) is 0 Å². The number of aryl methyl sites for hydroxylation is 1. The van der Waals surface area contributed by atoms with E-state index in [2.05, 4.69) is 26.1 Å². The van der Waals surface area contributed by atoms with Crippen molar-refractivity contribution in [2.45, 2.75) is 12.8 Å². The first-order valence-corrected chi connectivity index (χ1v) is 7.65. The van der Waals surface area contributed by atoms with Crippen molar-refractivity contribution in [2.75, 3.05) is 13.6 Å². The Bertz CT molecular complexity index is 654. The van der Waals surface area contributed by atoms with Crippen LogP contribution < -0.4 is 0 Å². The summed E-state index contributed by atoms with van der Waals surface area (Å²) < 4.78 is 6.03. The molecule has 0 saturated carbocycles. The zero-order chi connectivity index (χ0) is 15.4. The van der Waals surface area contributed by atoms with Crippen LogP contribution in [-0.4, -0.2) is 45.6 Å². The van der Waals surface area contributed by atoms with Crippen LogP contribution in [0.1, 0.15) is 12.3 Å². The van der Waals surface area contributed by atoms with Crippen LogP contribution >= 0.6 is 27.3 Å². The highest BCUT2D eigenvalue weighted by Crippen LogP contribution is 2.27. The van der Waals surface area contributed by atoms with E-state index < -0.39 is 5.97 Å². The van der Waals surface area contributed by atoms with Gasteiger partial charge in [0, 0.05) is 29.7 Å². The van der Waals surface area contributed by atoms with Crippen molar-refractivity contribution in [3.8, 4) is 10.7 Å². The van der Waals surface area contributed by atoms with E-state index in [1.54, 1.807) is 0 Å². The van der Waals surface area contributed by atoms with Gasteiger partial charge in [-0.05, 0) is 22.0 Å². The maximum absolute atomic E-state index is 11.7. The predicted molar refractivity (Wildman–Crippen MR) is 78.9 cm³/mol. The highest BCUT2D eigenvalue weighted by atomic mass is 79.9. The van der Waals surface area contributed by atoms with Gasteiger partial charge in [0.1, 0.15) is 6.54 Å². The molecular formula is C12H12BrN3O4S. The predicted octanol–water partition coefficient (Wildman–Crippen LogP) is 2.04. The van der Waals surface area contributed by atoms with E-state index in [1.807, 2.05) is 11.4 Å². The maximum atomic E-state index is 11.7. The summed E-state index contributed by atoms with van der Waals surface area (Å²) in [6.07, 6.45) is 0.405. The molecular weight excluding hydrogens is 362 g/mol. The molecule has 2 heterocycles. The van der Waals surface area contributed by atoms with Gasteiger partial charge in [-0.1, -0.05) is 5.16 Å². The molecule has 21 heavy (non-hydrogen) atoms. The number of halogens is 1. The van der Waals surface area contributed by atoms with Crippen LogP contribution in [0.5, 0.6) is 0 Å². The monoisotopic (exact) mass is 373 g/mol. The Hall–Kier alpha value is -1.74. The fourth-order valence-electron chi connectivity index (χ4n) is 1.58. The molecule has 2 aromatic rings. The number of carbonyl (C=O) groups excluding carboxylic acids is 1. The van der Waals surface area contributed by atoms with Crippen molar-refractivity contribution in [3.05, 3.63) is 21.8 Å². The summed E-state index contributed by atoms with van der Waals surface area (Å²) in [6, 6.07) is 1.88. The standard InChI is InChI=1S/C12H12BrN3O4S/c1-16(5-11(18)19)10(17)3-2-9-14-12(15-20-9)8-4-7(13)6-21-8/h4,6H,2-3,5H2,1H3,(H,18,19). The molecule has 112 valence electrons. The molecule has 7 nitrogen and oxygen atoms in total. The highest BCUT2D eigenvalue weighted by molar-refractivity contribution is 9.10. The SMILES string of the molecule is CN(CC(=O)O)C(=O)CCc1nc(-c2cc(Br)cs2)no1.